The Labute approximate surface area is 213 Å². The number of amides is 2. The monoisotopic (exact) mass is 513 g/mol. The van der Waals surface area contributed by atoms with E-state index >= 15 is 0 Å². The van der Waals surface area contributed by atoms with Crippen LogP contribution >= 0.6 is 11.6 Å². The molecule has 2 saturated heterocycles. The number of oxazole rings is 1. The van der Waals surface area contributed by atoms with Crippen molar-refractivity contribution in [2.75, 3.05) is 39.4 Å². The molecule has 0 bridgehead atoms. The average Bonchev–Trinajstić information content (AvgIpc) is 3.52. The van der Waals surface area contributed by atoms with E-state index in [9.17, 15) is 14.4 Å². The molecule has 0 aliphatic carbocycles. The fourth-order valence-electron chi connectivity index (χ4n) is 4.77. The number of likely N-dealkylation sites (tertiary alicyclic amines) is 1. The predicted octanol–water partition coefficient (Wildman–Crippen LogP) is 3.29. The van der Waals surface area contributed by atoms with Gasteiger partial charge in [-0.1, -0.05) is 17.7 Å². The Morgan fingerprint density at radius 2 is 1.75 bits per heavy atom. The summed E-state index contributed by atoms with van der Waals surface area (Å²) in [5.41, 5.74) is 0.991. The van der Waals surface area contributed by atoms with Crippen molar-refractivity contribution < 1.29 is 23.5 Å². The van der Waals surface area contributed by atoms with Crippen LogP contribution < -0.4 is 0 Å². The van der Waals surface area contributed by atoms with Crippen LogP contribution in [0.4, 0.5) is 0 Å². The molecule has 1 aromatic carbocycles. The molecule has 190 valence electrons. The Morgan fingerprint density at radius 1 is 1.03 bits per heavy atom. The molecule has 0 atom stereocenters. The van der Waals surface area contributed by atoms with Gasteiger partial charge in [-0.3, -0.25) is 14.4 Å². The van der Waals surface area contributed by atoms with Gasteiger partial charge >= 0.3 is 0 Å². The van der Waals surface area contributed by atoms with Gasteiger partial charge in [-0.15, -0.1) is 0 Å². The van der Waals surface area contributed by atoms with E-state index in [-0.39, 0.29) is 36.5 Å². The quantitative estimate of drug-likeness (QED) is 0.514. The summed E-state index contributed by atoms with van der Waals surface area (Å²) in [6.07, 6.45) is 3.11. The number of aryl methyl sites for hydroxylation is 1. The maximum absolute atomic E-state index is 12.8. The SMILES string of the molecule is Cc1oc(C2CCN(C(=O)CCC(=O)n3ncc4c(Cl)cccc43)CC2)nc1C(=O)N1CCOCC1. The minimum Gasteiger partial charge on any atom is -0.445 e. The van der Waals surface area contributed by atoms with Crippen LogP contribution in [0, 0.1) is 6.92 Å². The first-order chi connectivity index (χ1) is 17.4. The smallest absolute Gasteiger partial charge is 0.276 e. The minimum atomic E-state index is -0.247. The molecule has 10 nitrogen and oxygen atoms in total. The third kappa shape index (κ3) is 4.87. The van der Waals surface area contributed by atoms with Gasteiger partial charge in [0.2, 0.25) is 11.8 Å². The Morgan fingerprint density at radius 3 is 2.50 bits per heavy atom. The number of rotatable bonds is 5. The van der Waals surface area contributed by atoms with Crippen molar-refractivity contribution >= 4 is 40.2 Å². The zero-order valence-electron chi connectivity index (χ0n) is 20.1. The van der Waals surface area contributed by atoms with E-state index in [2.05, 4.69) is 10.1 Å². The van der Waals surface area contributed by atoms with Gasteiger partial charge in [-0.05, 0) is 31.9 Å². The zero-order chi connectivity index (χ0) is 25.2. The molecular formula is C25H28ClN5O5. The molecule has 0 radical (unpaired) electrons. The van der Waals surface area contributed by atoms with Gasteiger partial charge in [0.25, 0.3) is 5.91 Å². The molecule has 4 heterocycles. The summed E-state index contributed by atoms with van der Waals surface area (Å²) in [5.74, 6) is 0.670. The van der Waals surface area contributed by atoms with Crippen molar-refractivity contribution in [1.82, 2.24) is 24.6 Å². The molecule has 0 spiro atoms. The van der Waals surface area contributed by atoms with Crippen molar-refractivity contribution in [3.63, 3.8) is 0 Å². The third-order valence-corrected chi connectivity index (χ3v) is 7.19. The first-order valence-corrected chi connectivity index (χ1v) is 12.6. The second-order valence-electron chi connectivity index (χ2n) is 9.14. The summed E-state index contributed by atoms with van der Waals surface area (Å²) in [6, 6.07) is 5.29. The standard InChI is InChI=1S/C25H28ClN5O5/c1-16-23(25(34)30-11-13-35-14-12-30)28-24(36-16)17-7-9-29(10-8-17)21(32)5-6-22(33)31-20-4-2-3-19(26)18(20)15-27-31/h2-4,15,17H,5-14H2,1H3. The molecule has 36 heavy (non-hydrogen) atoms. The molecule has 2 amide bonds. The van der Waals surface area contributed by atoms with Gasteiger partial charge in [0.15, 0.2) is 11.6 Å². The fraction of sp³-hybridized carbons (Fsp3) is 0.480. The lowest BCUT2D eigenvalue weighted by Crippen LogP contribution is -2.41. The number of fused-ring (bicyclic) bond motifs is 1. The minimum absolute atomic E-state index is 0.0424. The van der Waals surface area contributed by atoms with Crippen LogP contribution in [0.15, 0.2) is 28.8 Å². The molecule has 3 aromatic rings. The number of halogens is 1. The van der Waals surface area contributed by atoms with E-state index in [1.807, 2.05) is 0 Å². The van der Waals surface area contributed by atoms with Crippen LogP contribution in [0.1, 0.15) is 58.5 Å². The lowest BCUT2D eigenvalue weighted by molar-refractivity contribution is -0.132. The maximum Gasteiger partial charge on any atom is 0.276 e. The highest BCUT2D eigenvalue weighted by molar-refractivity contribution is 6.35. The molecule has 11 heteroatoms. The van der Waals surface area contributed by atoms with E-state index in [1.54, 1.807) is 41.1 Å². The molecule has 2 aliphatic heterocycles. The number of carbonyl (C=O) groups is 3. The highest BCUT2D eigenvalue weighted by Crippen LogP contribution is 2.30. The van der Waals surface area contributed by atoms with Crippen LogP contribution in [-0.2, 0) is 9.53 Å². The van der Waals surface area contributed by atoms with Crippen molar-refractivity contribution in [2.45, 2.75) is 38.5 Å². The van der Waals surface area contributed by atoms with E-state index in [0.29, 0.717) is 85.5 Å². The number of hydrogen-bond acceptors (Lipinski definition) is 7. The lowest BCUT2D eigenvalue weighted by atomic mass is 9.96. The summed E-state index contributed by atoms with van der Waals surface area (Å²) in [4.78, 5) is 46.3. The van der Waals surface area contributed by atoms with E-state index in [0.717, 1.165) is 0 Å². The predicted molar refractivity (Wildman–Crippen MR) is 131 cm³/mol. The summed E-state index contributed by atoms with van der Waals surface area (Å²) < 4.78 is 12.5. The Hall–Kier alpha value is -3.24. The number of carbonyl (C=O) groups excluding carboxylic acids is 3. The molecule has 5 rings (SSSR count). The van der Waals surface area contributed by atoms with Crippen molar-refractivity contribution in [3.05, 3.63) is 46.8 Å². The first kappa shape index (κ1) is 24.5. The zero-order valence-corrected chi connectivity index (χ0v) is 20.9. The molecule has 0 N–H and O–H groups in total. The van der Waals surface area contributed by atoms with Crippen molar-refractivity contribution in [2.24, 2.45) is 0 Å². The van der Waals surface area contributed by atoms with E-state index in [4.69, 9.17) is 20.8 Å². The summed E-state index contributed by atoms with van der Waals surface area (Å²) in [5, 5.41) is 5.39. The summed E-state index contributed by atoms with van der Waals surface area (Å²) in [6.45, 7) is 5.01. The third-order valence-electron chi connectivity index (χ3n) is 6.86. The number of ether oxygens (including phenoxy) is 1. The summed E-state index contributed by atoms with van der Waals surface area (Å²) >= 11 is 6.16. The van der Waals surface area contributed by atoms with E-state index < -0.39 is 0 Å². The van der Waals surface area contributed by atoms with Crippen LogP contribution in [-0.4, -0.2) is 81.7 Å². The molecular weight excluding hydrogens is 486 g/mol. The van der Waals surface area contributed by atoms with E-state index in [1.165, 1.54) is 4.68 Å². The van der Waals surface area contributed by atoms with Crippen molar-refractivity contribution in [3.8, 4) is 0 Å². The van der Waals surface area contributed by atoms with Gasteiger partial charge in [0, 0.05) is 50.3 Å². The van der Waals surface area contributed by atoms with Crippen LogP contribution in [0.5, 0.6) is 0 Å². The number of piperidine rings is 1. The van der Waals surface area contributed by atoms with Crippen LogP contribution in [0.25, 0.3) is 10.9 Å². The van der Waals surface area contributed by atoms with Crippen LogP contribution in [0.2, 0.25) is 5.02 Å². The van der Waals surface area contributed by atoms with Crippen LogP contribution in [0.3, 0.4) is 0 Å². The topological polar surface area (TPSA) is 111 Å². The van der Waals surface area contributed by atoms with Gasteiger partial charge in [-0.2, -0.15) is 5.10 Å². The van der Waals surface area contributed by atoms with Crippen molar-refractivity contribution in [1.29, 1.82) is 0 Å². The Bertz CT molecular complexity index is 1290. The number of nitrogens with zero attached hydrogens (tertiary/aromatic N) is 5. The lowest BCUT2D eigenvalue weighted by Gasteiger charge is -2.30. The molecule has 0 unspecified atom stereocenters. The highest BCUT2D eigenvalue weighted by atomic mass is 35.5. The molecule has 2 aromatic heterocycles. The van der Waals surface area contributed by atoms with Gasteiger partial charge in [0.1, 0.15) is 5.76 Å². The second-order valence-corrected chi connectivity index (χ2v) is 9.55. The van der Waals surface area contributed by atoms with Gasteiger partial charge in [0.05, 0.1) is 29.9 Å². The Balaban J connectivity index is 1.14. The molecule has 2 fully saturated rings. The highest BCUT2D eigenvalue weighted by Gasteiger charge is 2.30. The Kier molecular flexibility index (Phi) is 7.06. The molecule has 0 saturated carbocycles. The maximum atomic E-state index is 12.8. The first-order valence-electron chi connectivity index (χ1n) is 12.2. The van der Waals surface area contributed by atoms with Gasteiger partial charge < -0.3 is 19.0 Å². The fourth-order valence-corrected chi connectivity index (χ4v) is 4.99. The number of hydrogen-bond donors (Lipinski definition) is 0. The number of benzene rings is 1. The number of aromatic nitrogens is 3. The second kappa shape index (κ2) is 10.4. The average molecular weight is 514 g/mol. The largest absolute Gasteiger partial charge is 0.445 e. The van der Waals surface area contributed by atoms with Gasteiger partial charge in [-0.25, -0.2) is 9.67 Å². The normalized spacial score (nSPS) is 17.1. The molecule has 2 aliphatic rings. The summed E-state index contributed by atoms with van der Waals surface area (Å²) in [7, 11) is 0. The number of morpholine rings is 1.